The van der Waals surface area contributed by atoms with E-state index in [0.29, 0.717) is 30.7 Å². The number of guanidine groups is 1. The largest absolute Gasteiger partial charge is 0.475 e. The third kappa shape index (κ3) is 5.94. The van der Waals surface area contributed by atoms with Crippen molar-refractivity contribution in [2.24, 2.45) is 12.0 Å². The topological polar surface area (TPSA) is 76.8 Å². The second kappa shape index (κ2) is 10.7. The molecule has 3 heterocycles. The van der Waals surface area contributed by atoms with Gasteiger partial charge in [0, 0.05) is 38.6 Å². The number of rotatable bonds is 5. The first-order valence-corrected chi connectivity index (χ1v) is 8.84. The molecule has 0 saturated carbocycles. The highest BCUT2D eigenvalue weighted by Gasteiger charge is 2.25. The second-order valence-corrected chi connectivity index (χ2v) is 6.27. The van der Waals surface area contributed by atoms with E-state index >= 15 is 0 Å². The van der Waals surface area contributed by atoms with Gasteiger partial charge in [0.15, 0.2) is 5.96 Å². The maximum absolute atomic E-state index is 6.03. The van der Waals surface area contributed by atoms with Crippen LogP contribution in [0.2, 0.25) is 5.02 Å². The Hall–Kier alpha value is -1.59. The van der Waals surface area contributed by atoms with Gasteiger partial charge in [-0.15, -0.1) is 24.0 Å². The molecule has 0 bridgehead atoms. The molecule has 0 aromatic carbocycles. The second-order valence-electron chi connectivity index (χ2n) is 5.87. The minimum Gasteiger partial charge on any atom is -0.475 e. The van der Waals surface area contributed by atoms with Gasteiger partial charge in [-0.05, 0) is 12.1 Å². The summed E-state index contributed by atoms with van der Waals surface area (Å²) in [5, 5.41) is 8.03. The summed E-state index contributed by atoms with van der Waals surface area (Å²) in [6.45, 7) is 3.17. The minimum absolute atomic E-state index is 0. The highest BCUT2D eigenvalue weighted by molar-refractivity contribution is 14.0. The molecule has 2 aromatic rings. The summed E-state index contributed by atoms with van der Waals surface area (Å²) in [5.74, 6) is 1.26. The van der Waals surface area contributed by atoms with Gasteiger partial charge in [0.25, 0.3) is 0 Å². The Morgan fingerprint density at radius 3 is 3.07 bits per heavy atom. The fourth-order valence-electron chi connectivity index (χ4n) is 2.77. The first-order valence-electron chi connectivity index (χ1n) is 8.46. The predicted octanol–water partition coefficient (Wildman–Crippen LogP) is 2.11. The molecule has 1 saturated heterocycles. The van der Waals surface area contributed by atoms with Crippen molar-refractivity contribution >= 4 is 41.5 Å². The summed E-state index contributed by atoms with van der Waals surface area (Å²) in [6.07, 6.45) is 5.46. The summed E-state index contributed by atoms with van der Waals surface area (Å²) >= 11 is 6.03. The third-order valence-corrected chi connectivity index (χ3v) is 4.31. The normalized spacial score (nSPS) is 17.4. The average molecular weight is 507 g/mol. The van der Waals surface area contributed by atoms with E-state index in [2.05, 4.69) is 25.3 Å². The van der Waals surface area contributed by atoms with Crippen LogP contribution in [0.4, 0.5) is 0 Å². The number of morpholine rings is 1. The van der Waals surface area contributed by atoms with Crippen molar-refractivity contribution in [3.8, 4) is 5.88 Å². The van der Waals surface area contributed by atoms with Crippen molar-refractivity contribution < 1.29 is 9.47 Å². The lowest BCUT2D eigenvalue weighted by Crippen LogP contribution is -2.48. The number of nitrogens with zero attached hydrogens (tertiary/aromatic N) is 5. The molecule has 3 rings (SSSR count). The van der Waals surface area contributed by atoms with E-state index in [4.69, 9.17) is 21.1 Å². The Labute approximate surface area is 180 Å². The van der Waals surface area contributed by atoms with Crippen LogP contribution in [-0.4, -0.2) is 65.5 Å². The molecule has 1 aliphatic rings. The number of nitrogens with one attached hydrogen (secondary N) is 1. The molecule has 0 amide bonds. The number of hydrogen-bond acceptors (Lipinski definition) is 5. The van der Waals surface area contributed by atoms with Crippen LogP contribution in [0.1, 0.15) is 11.7 Å². The smallest absolute Gasteiger partial charge is 0.232 e. The molecule has 8 nitrogen and oxygen atoms in total. The minimum atomic E-state index is -0.0143. The quantitative estimate of drug-likeness (QED) is 0.290. The van der Waals surface area contributed by atoms with Gasteiger partial charge in [-0.25, -0.2) is 4.98 Å². The zero-order valence-electron chi connectivity index (χ0n) is 15.3. The van der Waals surface area contributed by atoms with Gasteiger partial charge in [0.1, 0.15) is 17.7 Å². The van der Waals surface area contributed by atoms with E-state index < -0.39 is 0 Å². The average Bonchev–Trinajstić information content (AvgIpc) is 3.10. The zero-order valence-corrected chi connectivity index (χ0v) is 18.4. The summed E-state index contributed by atoms with van der Waals surface area (Å²) < 4.78 is 13.3. The van der Waals surface area contributed by atoms with Crippen molar-refractivity contribution in [1.82, 2.24) is 25.0 Å². The number of pyridine rings is 1. The molecule has 0 radical (unpaired) electrons. The maximum Gasteiger partial charge on any atom is 0.232 e. The molecule has 10 heteroatoms. The number of aliphatic imine (C=N–C) groups is 1. The number of ether oxygens (including phenoxy) is 2. The Kier molecular flexibility index (Phi) is 8.58. The predicted molar refractivity (Wildman–Crippen MR) is 115 cm³/mol. The van der Waals surface area contributed by atoms with E-state index in [1.165, 1.54) is 0 Å². The van der Waals surface area contributed by atoms with Gasteiger partial charge in [0.05, 0.1) is 25.9 Å². The Morgan fingerprint density at radius 1 is 1.52 bits per heavy atom. The van der Waals surface area contributed by atoms with Crippen molar-refractivity contribution in [2.75, 3.05) is 39.9 Å². The van der Waals surface area contributed by atoms with E-state index in [9.17, 15) is 0 Å². The fraction of sp³-hybridized carbons (Fsp3) is 0.471. The summed E-state index contributed by atoms with van der Waals surface area (Å²) in [5.41, 5.74) is 1.07. The monoisotopic (exact) mass is 506 g/mol. The van der Waals surface area contributed by atoms with Crippen LogP contribution in [0.3, 0.4) is 0 Å². The van der Waals surface area contributed by atoms with Crippen LogP contribution in [0.5, 0.6) is 5.88 Å². The molecule has 27 heavy (non-hydrogen) atoms. The van der Waals surface area contributed by atoms with Gasteiger partial charge in [-0.1, -0.05) is 11.6 Å². The van der Waals surface area contributed by atoms with Gasteiger partial charge in [0.2, 0.25) is 5.88 Å². The number of aryl methyl sites for hydroxylation is 1. The van der Waals surface area contributed by atoms with Crippen molar-refractivity contribution in [1.29, 1.82) is 0 Å². The summed E-state index contributed by atoms with van der Waals surface area (Å²) in [4.78, 5) is 10.6. The van der Waals surface area contributed by atoms with Crippen LogP contribution < -0.4 is 10.1 Å². The van der Waals surface area contributed by atoms with E-state index in [0.717, 1.165) is 24.6 Å². The van der Waals surface area contributed by atoms with Crippen LogP contribution in [-0.2, 0) is 11.8 Å². The standard InChI is InChI=1S/C17H23ClN6O2.HI/c1-19-17(21-6-8-26-16-14(18)4-3-5-20-16)24-7-9-25-15(12-24)13-10-22-23(2)11-13;/h3-5,10-11,15H,6-9,12H2,1-2H3,(H,19,21);1H. The fourth-order valence-corrected chi connectivity index (χ4v) is 2.95. The molecule has 1 aliphatic heterocycles. The third-order valence-electron chi connectivity index (χ3n) is 4.02. The highest BCUT2D eigenvalue weighted by Crippen LogP contribution is 2.22. The van der Waals surface area contributed by atoms with Crippen LogP contribution in [0.25, 0.3) is 0 Å². The molecule has 0 aliphatic carbocycles. The molecule has 148 valence electrons. The SMILES string of the molecule is CN=C(NCCOc1ncccc1Cl)N1CCOC(c2cnn(C)c2)C1.I. The molecule has 1 atom stereocenters. The molecule has 1 fully saturated rings. The number of halogens is 2. The lowest BCUT2D eigenvalue weighted by Gasteiger charge is -2.34. The lowest BCUT2D eigenvalue weighted by atomic mass is 10.1. The molecular formula is C17H24ClIN6O2. The number of hydrogen-bond donors (Lipinski definition) is 1. The van der Waals surface area contributed by atoms with E-state index in [-0.39, 0.29) is 30.1 Å². The highest BCUT2D eigenvalue weighted by atomic mass is 127. The first-order chi connectivity index (χ1) is 12.7. The van der Waals surface area contributed by atoms with Crippen molar-refractivity contribution in [3.05, 3.63) is 41.3 Å². The molecular weight excluding hydrogens is 483 g/mol. The van der Waals surface area contributed by atoms with E-state index in [1.807, 2.05) is 19.4 Å². The maximum atomic E-state index is 6.03. The summed E-state index contributed by atoms with van der Waals surface area (Å²) in [6, 6.07) is 3.52. The van der Waals surface area contributed by atoms with Crippen molar-refractivity contribution in [2.45, 2.75) is 6.10 Å². The zero-order chi connectivity index (χ0) is 18.4. The Bertz CT molecular complexity index is 757. The number of aromatic nitrogens is 3. The van der Waals surface area contributed by atoms with Gasteiger partial charge < -0.3 is 19.7 Å². The van der Waals surface area contributed by atoms with Crippen molar-refractivity contribution in [3.63, 3.8) is 0 Å². The van der Waals surface area contributed by atoms with Gasteiger partial charge >= 0.3 is 0 Å². The molecule has 2 aromatic heterocycles. The molecule has 1 N–H and O–H groups in total. The summed E-state index contributed by atoms with van der Waals surface area (Å²) in [7, 11) is 3.67. The van der Waals surface area contributed by atoms with Gasteiger partial charge in [-0.2, -0.15) is 5.10 Å². The lowest BCUT2D eigenvalue weighted by molar-refractivity contribution is -0.00805. The van der Waals surface area contributed by atoms with Crippen LogP contribution in [0.15, 0.2) is 35.7 Å². The molecule has 0 spiro atoms. The van der Waals surface area contributed by atoms with Gasteiger partial charge in [-0.3, -0.25) is 9.67 Å². The molecule has 1 unspecified atom stereocenters. The van der Waals surface area contributed by atoms with Crippen LogP contribution >= 0.6 is 35.6 Å². The van der Waals surface area contributed by atoms with E-state index in [1.54, 1.807) is 30.1 Å². The first kappa shape index (κ1) is 21.7. The Balaban J connectivity index is 0.00000261. The Morgan fingerprint density at radius 2 is 2.37 bits per heavy atom. The van der Waals surface area contributed by atoms with Crippen LogP contribution in [0, 0.1) is 0 Å².